The van der Waals surface area contributed by atoms with Crippen molar-refractivity contribution in [1.82, 2.24) is 10.3 Å². The van der Waals surface area contributed by atoms with Crippen LogP contribution in [0.3, 0.4) is 0 Å². The largest absolute Gasteiger partial charge is 0.359 e. The summed E-state index contributed by atoms with van der Waals surface area (Å²) in [4.78, 5) is 25.8. The van der Waals surface area contributed by atoms with E-state index in [0.29, 0.717) is 5.69 Å². The average Bonchev–Trinajstić information content (AvgIpc) is 2.19. The lowest BCUT2D eigenvalue weighted by atomic mass is 10.3. The first kappa shape index (κ1) is 10.2. The van der Waals surface area contributed by atoms with Gasteiger partial charge >= 0.3 is 0 Å². The third kappa shape index (κ3) is 3.22. The minimum absolute atomic E-state index is 0.175. The highest BCUT2D eigenvalue weighted by molar-refractivity contribution is 6.03. The zero-order valence-corrected chi connectivity index (χ0v) is 7.78. The third-order valence-electron chi connectivity index (χ3n) is 1.55. The average molecular weight is 193 g/mol. The van der Waals surface area contributed by atoms with Crippen LogP contribution in [0, 0.1) is 0 Å². The van der Waals surface area contributed by atoms with Gasteiger partial charge in [-0.15, -0.1) is 0 Å². The molecule has 74 valence electrons. The van der Waals surface area contributed by atoms with Gasteiger partial charge in [-0.1, -0.05) is 0 Å². The molecule has 2 amide bonds. The molecule has 0 saturated heterocycles. The van der Waals surface area contributed by atoms with Crippen LogP contribution in [0.1, 0.15) is 6.42 Å². The standard InChI is InChI=1S/C9H11N3O2/c1-10-8(13)5-9(14)12-7-3-2-4-11-6-7/h2-4,6H,5H2,1H3,(H,10,13)(H,12,14). The quantitative estimate of drug-likeness (QED) is 0.671. The Morgan fingerprint density at radius 3 is 2.79 bits per heavy atom. The summed E-state index contributed by atoms with van der Waals surface area (Å²) >= 11 is 0. The van der Waals surface area contributed by atoms with Crippen molar-refractivity contribution >= 4 is 17.5 Å². The van der Waals surface area contributed by atoms with E-state index in [9.17, 15) is 9.59 Å². The zero-order chi connectivity index (χ0) is 10.4. The van der Waals surface area contributed by atoms with Gasteiger partial charge in [0.1, 0.15) is 6.42 Å². The molecule has 1 rings (SSSR count). The van der Waals surface area contributed by atoms with Crippen LogP contribution in [-0.4, -0.2) is 23.8 Å². The van der Waals surface area contributed by atoms with Crippen molar-refractivity contribution in [2.24, 2.45) is 0 Å². The number of carbonyl (C=O) groups excluding carboxylic acids is 2. The van der Waals surface area contributed by atoms with Gasteiger partial charge in [0.05, 0.1) is 11.9 Å². The fraction of sp³-hybridized carbons (Fsp3) is 0.222. The van der Waals surface area contributed by atoms with E-state index in [2.05, 4.69) is 15.6 Å². The molecule has 0 unspecified atom stereocenters. The number of anilines is 1. The molecule has 0 saturated carbocycles. The summed E-state index contributed by atoms with van der Waals surface area (Å²) < 4.78 is 0. The Morgan fingerprint density at radius 1 is 1.43 bits per heavy atom. The van der Waals surface area contributed by atoms with E-state index in [-0.39, 0.29) is 18.2 Å². The number of hydrogen-bond acceptors (Lipinski definition) is 3. The molecule has 0 atom stereocenters. The van der Waals surface area contributed by atoms with Crippen molar-refractivity contribution in [3.63, 3.8) is 0 Å². The number of pyridine rings is 1. The van der Waals surface area contributed by atoms with E-state index in [1.807, 2.05) is 0 Å². The van der Waals surface area contributed by atoms with Crippen LogP contribution in [0.25, 0.3) is 0 Å². The fourth-order valence-electron chi connectivity index (χ4n) is 0.876. The highest BCUT2D eigenvalue weighted by atomic mass is 16.2. The summed E-state index contributed by atoms with van der Waals surface area (Å²) in [5.74, 6) is -0.663. The Morgan fingerprint density at radius 2 is 2.21 bits per heavy atom. The molecule has 0 aliphatic carbocycles. The normalized spacial score (nSPS) is 9.21. The van der Waals surface area contributed by atoms with Crippen LogP contribution in [0.4, 0.5) is 5.69 Å². The molecule has 0 spiro atoms. The number of rotatable bonds is 3. The monoisotopic (exact) mass is 193 g/mol. The number of carbonyl (C=O) groups is 2. The molecule has 5 heteroatoms. The van der Waals surface area contributed by atoms with E-state index >= 15 is 0 Å². The fourth-order valence-corrected chi connectivity index (χ4v) is 0.876. The SMILES string of the molecule is CNC(=O)CC(=O)Nc1cccnc1. The molecule has 2 N–H and O–H groups in total. The second-order valence-electron chi connectivity index (χ2n) is 2.64. The summed E-state index contributed by atoms with van der Waals surface area (Å²) in [7, 11) is 1.49. The van der Waals surface area contributed by atoms with E-state index in [0.717, 1.165) is 0 Å². The van der Waals surface area contributed by atoms with Crippen LogP contribution in [0.5, 0.6) is 0 Å². The van der Waals surface area contributed by atoms with Gasteiger partial charge in [-0.3, -0.25) is 14.6 Å². The van der Waals surface area contributed by atoms with Crippen molar-refractivity contribution in [2.75, 3.05) is 12.4 Å². The van der Waals surface area contributed by atoms with Gasteiger partial charge in [0.25, 0.3) is 0 Å². The van der Waals surface area contributed by atoms with Crippen LogP contribution >= 0.6 is 0 Å². The molecule has 5 nitrogen and oxygen atoms in total. The Bertz CT molecular complexity index is 324. The molecule has 14 heavy (non-hydrogen) atoms. The maximum Gasteiger partial charge on any atom is 0.233 e. The molecule has 0 bridgehead atoms. The second kappa shape index (κ2) is 4.96. The molecule has 1 aromatic heterocycles. The van der Waals surface area contributed by atoms with Crippen molar-refractivity contribution in [1.29, 1.82) is 0 Å². The van der Waals surface area contributed by atoms with Crippen LogP contribution < -0.4 is 10.6 Å². The zero-order valence-electron chi connectivity index (χ0n) is 7.78. The predicted molar refractivity (Wildman–Crippen MR) is 51.6 cm³/mol. The van der Waals surface area contributed by atoms with E-state index < -0.39 is 0 Å². The second-order valence-corrected chi connectivity index (χ2v) is 2.64. The summed E-state index contributed by atoms with van der Waals surface area (Å²) in [5, 5.41) is 4.91. The Hall–Kier alpha value is -1.91. The van der Waals surface area contributed by atoms with Gasteiger partial charge < -0.3 is 10.6 Å². The number of aromatic nitrogens is 1. The summed E-state index contributed by atoms with van der Waals surface area (Å²) in [6.45, 7) is 0. The van der Waals surface area contributed by atoms with Gasteiger partial charge in [-0.2, -0.15) is 0 Å². The molecule has 0 aliphatic heterocycles. The summed E-state index contributed by atoms with van der Waals surface area (Å²) in [5.41, 5.74) is 0.585. The summed E-state index contributed by atoms with van der Waals surface area (Å²) in [6.07, 6.45) is 2.95. The number of hydrogen-bond donors (Lipinski definition) is 2. The predicted octanol–water partition coefficient (Wildman–Crippen LogP) is 0.156. The van der Waals surface area contributed by atoms with E-state index in [4.69, 9.17) is 0 Å². The first-order valence-electron chi connectivity index (χ1n) is 4.13. The topological polar surface area (TPSA) is 71.1 Å². The lowest BCUT2D eigenvalue weighted by molar-refractivity contribution is -0.126. The van der Waals surface area contributed by atoms with Crippen LogP contribution in [0.2, 0.25) is 0 Å². The van der Waals surface area contributed by atoms with Crippen LogP contribution in [-0.2, 0) is 9.59 Å². The molecule has 0 radical (unpaired) electrons. The van der Waals surface area contributed by atoms with E-state index in [1.165, 1.54) is 13.2 Å². The van der Waals surface area contributed by atoms with Gasteiger partial charge in [0.15, 0.2) is 0 Å². The van der Waals surface area contributed by atoms with Crippen molar-refractivity contribution in [3.8, 4) is 0 Å². The molecule has 1 aromatic rings. The Kier molecular flexibility index (Phi) is 3.60. The van der Waals surface area contributed by atoms with Gasteiger partial charge in [0, 0.05) is 13.2 Å². The van der Waals surface area contributed by atoms with Crippen LogP contribution in [0.15, 0.2) is 24.5 Å². The molecular weight excluding hydrogens is 182 g/mol. The Labute approximate surface area is 81.5 Å². The van der Waals surface area contributed by atoms with E-state index in [1.54, 1.807) is 18.3 Å². The lowest BCUT2D eigenvalue weighted by Crippen LogP contribution is -2.24. The number of amides is 2. The van der Waals surface area contributed by atoms with Gasteiger partial charge in [-0.25, -0.2) is 0 Å². The highest BCUT2D eigenvalue weighted by Gasteiger charge is 2.07. The highest BCUT2D eigenvalue weighted by Crippen LogP contribution is 2.02. The van der Waals surface area contributed by atoms with Crippen molar-refractivity contribution in [3.05, 3.63) is 24.5 Å². The van der Waals surface area contributed by atoms with Gasteiger partial charge in [0.2, 0.25) is 11.8 Å². The third-order valence-corrected chi connectivity index (χ3v) is 1.55. The first-order chi connectivity index (χ1) is 6.72. The maximum absolute atomic E-state index is 11.2. The molecule has 0 aromatic carbocycles. The Balaban J connectivity index is 2.46. The molecule has 0 aliphatic rings. The van der Waals surface area contributed by atoms with Crippen molar-refractivity contribution in [2.45, 2.75) is 6.42 Å². The minimum Gasteiger partial charge on any atom is -0.359 e. The molecular formula is C9H11N3O2. The summed E-state index contributed by atoms with van der Waals surface area (Å²) in [6, 6.07) is 3.41. The molecule has 1 heterocycles. The lowest BCUT2D eigenvalue weighted by Gasteiger charge is -2.02. The number of nitrogens with one attached hydrogen (secondary N) is 2. The van der Waals surface area contributed by atoms with Crippen molar-refractivity contribution < 1.29 is 9.59 Å². The maximum atomic E-state index is 11.2. The smallest absolute Gasteiger partial charge is 0.233 e. The first-order valence-corrected chi connectivity index (χ1v) is 4.13. The molecule has 0 fully saturated rings. The van der Waals surface area contributed by atoms with Gasteiger partial charge in [-0.05, 0) is 12.1 Å². The number of nitrogens with zero attached hydrogens (tertiary/aromatic N) is 1. The minimum atomic E-state index is -0.350.